The van der Waals surface area contributed by atoms with Crippen LogP contribution in [0.2, 0.25) is 0 Å². The van der Waals surface area contributed by atoms with Crippen LogP contribution >= 0.6 is 0 Å². The number of pyridine rings is 1. The molecule has 3 aromatic heterocycles. The second-order valence-electron chi connectivity index (χ2n) is 17.4. The van der Waals surface area contributed by atoms with Crippen LogP contribution < -0.4 is 14.5 Å². The number of ether oxygens (including phenoxy) is 1. The van der Waals surface area contributed by atoms with Crippen LogP contribution in [-0.2, 0) is 21.1 Å². The molecule has 0 saturated heterocycles. The Morgan fingerprint density at radius 3 is 1.97 bits per heavy atom. The van der Waals surface area contributed by atoms with Crippen molar-refractivity contribution in [3.8, 4) is 23.6 Å². The summed E-state index contributed by atoms with van der Waals surface area (Å²) >= 11 is 0. The summed E-state index contributed by atoms with van der Waals surface area (Å²) in [6, 6.07) is 74.0. The first-order valence-electron chi connectivity index (χ1n) is 22.9. The minimum absolute atomic E-state index is 0. The van der Waals surface area contributed by atoms with Gasteiger partial charge in [0.1, 0.15) is 5.65 Å². The molecule has 13 rings (SSSR count). The third kappa shape index (κ3) is 6.86. The monoisotopic (exact) mass is 1080 g/mol. The molecule has 0 radical (unpaired) electrons. The number of anilines is 3. The topological polar surface area (TPSA) is 80.6 Å². The number of hydrogen-bond donors (Lipinski definition) is 0. The molecule has 8 heteroatoms. The van der Waals surface area contributed by atoms with Gasteiger partial charge < -0.3 is 18.9 Å². The van der Waals surface area contributed by atoms with Gasteiger partial charge in [-0.3, -0.25) is 0 Å². The van der Waals surface area contributed by atoms with Crippen molar-refractivity contribution in [3.63, 3.8) is 0 Å². The fraction of sp³-hybridized carbons (Fsp3) is 0.0323. The van der Waals surface area contributed by atoms with Crippen molar-refractivity contribution in [2.75, 3.05) is 9.80 Å². The molecule has 0 saturated carbocycles. The quantitative estimate of drug-likeness (QED) is 0.154. The van der Waals surface area contributed by atoms with Crippen LogP contribution in [0.1, 0.15) is 28.2 Å². The number of para-hydroxylation sites is 2. The molecule has 4 heterocycles. The van der Waals surface area contributed by atoms with Gasteiger partial charge in [-0.25, -0.2) is 10.2 Å². The first kappa shape index (κ1) is 42.6. The van der Waals surface area contributed by atoms with Crippen molar-refractivity contribution in [3.05, 3.63) is 247 Å². The second kappa shape index (κ2) is 17.4. The van der Waals surface area contributed by atoms with E-state index in [1.165, 1.54) is 16.7 Å². The zero-order valence-electron chi connectivity index (χ0n) is 37.3. The van der Waals surface area contributed by atoms with Crippen molar-refractivity contribution in [1.29, 1.82) is 10.5 Å². The molecule has 0 amide bonds. The summed E-state index contributed by atoms with van der Waals surface area (Å²) in [4.78, 5) is 9.62. The van der Waals surface area contributed by atoms with Gasteiger partial charge >= 0.3 is 0 Å². The van der Waals surface area contributed by atoms with Crippen molar-refractivity contribution >= 4 is 82.4 Å². The van der Waals surface area contributed by atoms with Gasteiger partial charge in [-0.1, -0.05) is 145 Å². The van der Waals surface area contributed by atoms with Crippen LogP contribution in [0.15, 0.2) is 206 Å². The van der Waals surface area contributed by atoms with Gasteiger partial charge in [0, 0.05) is 84.5 Å². The Morgan fingerprint density at radius 2 is 1.24 bits per heavy atom. The van der Waals surface area contributed by atoms with Crippen LogP contribution in [0.5, 0.6) is 11.5 Å². The summed E-state index contributed by atoms with van der Waals surface area (Å²) in [6.45, 7) is 2.18. The average Bonchev–Trinajstić information content (AvgIpc) is 3.97. The van der Waals surface area contributed by atoms with Gasteiger partial charge in [0.05, 0.1) is 11.6 Å². The maximum atomic E-state index is 10.8. The van der Waals surface area contributed by atoms with E-state index in [-0.39, 0.29) is 38.8 Å². The summed E-state index contributed by atoms with van der Waals surface area (Å²) in [7, 11) is 0. The minimum Gasteiger partial charge on any atom is -0.508 e. The first-order valence-corrected chi connectivity index (χ1v) is 22.9. The van der Waals surface area contributed by atoms with Gasteiger partial charge in [0.15, 0.2) is 0 Å². The second-order valence-corrected chi connectivity index (χ2v) is 17.4. The number of hydrogen-bond acceptors (Lipinski definition) is 6. The number of benzene rings is 8. The molecule has 1 aliphatic heterocycles. The maximum absolute atomic E-state index is 10.8. The van der Waals surface area contributed by atoms with E-state index in [0.29, 0.717) is 28.0 Å². The van der Waals surface area contributed by atoms with E-state index in [1.807, 2.05) is 60.7 Å². The van der Waals surface area contributed by atoms with Crippen molar-refractivity contribution < 1.29 is 25.8 Å². The predicted octanol–water partition coefficient (Wildman–Crippen LogP) is 14.7. The van der Waals surface area contributed by atoms with E-state index in [2.05, 4.69) is 185 Å². The Bertz CT molecular complexity index is 4090. The Balaban J connectivity index is 0.00000505. The Hall–Kier alpha value is -8.74. The molecule has 334 valence electrons. The number of allylic oxidation sites excluding steroid dienone is 2. The first-order chi connectivity index (χ1) is 34.1. The van der Waals surface area contributed by atoms with Gasteiger partial charge in [0.25, 0.3) is 0 Å². The molecule has 7 nitrogen and oxygen atoms in total. The Morgan fingerprint density at radius 1 is 0.600 bits per heavy atom. The molecule has 8 aromatic carbocycles. The molecule has 70 heavy (non-hydrogen) atoms. The number of nitrogens with zero attached hydrogens (tertiary/aromatic N) is 6. The van der Waals surface area contributed by atoms with Crippen LogP contribution in [0, 0.1) is 41.5 Å². The zero-order valence-corrected chi connectivity index (χ0v) is 39.5. The number of rotatable bonds is 6. The molecule has 2 unspecified atom stereocenters. The van der Waals surface area contributed by atoms with E-state index in [4.69, 9.17) is 9.72 Å². The van der Waals surface area contributed by atoms with E-state index in [1.54, 1.807) is 6.20 Å². The van der Waals surface area contributed by atoms with Crippen LogP contribution in [-0.4, -0.2) is 15.4 Å². The largest absolute Gasteiger partial charge is 0.508 e. The third-order valence-electron chi connectivity index (χ3n) is 13.6. The summed E-state index contributed by atoms with van der Waals surface area (Å²) in [5.74, 6) is 0.737. The Labute approximate surface area is 418 Å². The molecule has 2 aliphatic rings. The predicted molar refractivity (Wildman–Crippen MR) is 277 cm³/mol. The standard InChI is InChI=1S/C62H37N6O.Pt/c63-37-40-32-54-51-25-10-8-23-49(51)48-22-7-9-24-50(48)52-28-15-31-65-62(52)68-58-36-59(43(38-64)34-53(58)55(33-40)61(54)68)69-45-21-13-20-44(35-45)66-39-67(57-30-12-11-29-56(57)66)60-46(41-16-3-1-4-17-41)26-14-27-47(60)42-18-5-2-6-19-42;/h1-34,39,46,60H;/q-3;. The zero-order chi connectivity index (χ0) is 46.0. The summed E-state index contributed by atoms with van der Waals surface area (Å²) in [6.07, 6.45) is 8.52. The molecular weight excluding hydrogens is 1040 g/mol. The fourth-order valence-corrected chi connectivity index (χ4v) is 10.6. The number of nitriles is 2. The molecule has 0 bridgehead atoms. The van der Waals surface area contributed by atoms with Gasteiger partial charge in [0.2, 0.25) is 0 Å². The summed E-state index contributed by atoms with van der Waals surface area (Å²) in [5, 5.41) is 28.8. The van der Waals surface area contributed by atoms with Gasteiger partial charge in [-0.05, 0) is 85.6 Å². The van der Waals surface area contributed by atoms with Gasteiger partial charge in [-0.15, -0.1) is 41.4 Å². The Kier molecular flexibility index (Phi) is 10.6. The fourth-order valence-electron chi connectivity index (χ4n) is 10.6. The maximum Gasteiger partial charge on any atom is 0.143 e. The minimum atomic E-state index is -0.0624. The average molecular weight is 1080 g/mol. The van der Waals surface area contributed by atoms with Crippen molar-refractivity contribution in [2.24, 2.45) is 0 Å². The van der Waals surface area contributed by atoms with Crippen molar-refractivity contribution in [1.82, 2.24) is 9.38 Å². The van der Waals surface area contributed by atoms with E-state index >= 15 is 0 Å². The molecule has 0 spiro atoms. The van der Waals surface area contributed by atoms with Crippen LogP contribution in [0.4, 0.5) is 17.1 Å². The summed E-state index contributed by atoms with van der Waals surface area (Å²) in [5.41, 5.74) is 9.49. The van der Waals surface area contributed by atoms with E-state index < -0.39 is 0 Å². The molecule has 0 N–H and O–H groups in total. The number of aromatic nitrogens is 2. The van der Waals surface area contributed by atoms with Crippen LogP contribution in [0.25, 0.3) is 65.3 Å². The molecule has 11 aromatic rings. The molecule has 2 atom stereocenters. The smallest absolute Gasteiger partial charge is 0.143 e. The molecular formula is C62H37N6OPt-3. The SMILES string of the molecule is N#Cc1cc2c3ccccc3c3ccccc3c3cccnc3n3c4[c-]c(Oc5[c-]c(N6[CH-]N(C7C(c8ccccc8)=CC=CC7c7ccccc7)c7ccccc76)ccc5)c(C#N)cc4c(c1)c23.[Pt]. The third-order valence-corrected chi connectivity index (χ3v) is 13.6. The van der Waals surface area contributed by atoms with Gasteiger partial charge in [-0.2, -0.15) is 18.0 Å². The normalized spacial score (nSPS) is 15.2. The summed E-state index contributed by atoms with van der Waals surface area (Å²) < 4.78 is 8.89. The van der Waals surface area contributed by atoms with Crippen LogP contribution in [0.3, 0.4) is 0 Å². The van der Waals surface area contributed by atoms with E-state index in [9.17, 15) is 10.5 Å². The molecule has 0 fully saturated rings. The van der Waals surface area contributed by atoms with E-state index in [0.717, 1.165) is 65.7 Å². The number of fused-ring (bicyclic) bond motifs is 11. The molecule has 1 aliphatic carbocycles. The van der Waals surface area contributed by atoms with Crippen molar-refractivity contribution in [2.45, 2.75) is 12.0 Å².